The summed E-state index contributed by atoms with van der Waals surface area (Å²) >= 11 is 1.53. The second-order valence-electron chi connectivity index (χ2n) is 2.80. The third-order valence-corrected chi connectivity index (χ3v) is 2.43. The Bertz CT molecular complexity index is 247. The number of carbonyl (C=O) groups is 1. The summed E-state index contributed by atoms with van der Waals surface area (Å²) < 4.78 is 10.2. The third-order valence-electron chi connectivity index (χ3n) is 1.48. The van der Waals surface area contributed by atoms with E-state index in [2.05, 4.69) is 13.2 Å². The molecule has 1 fully saturated rings. The fourth-order valence-corrected chi connectivity index (χ4v) is 1.55. The van der Waals surface area contributed by atoms with Crippen LogP contribution in [0, 0.1) is 0 Å². The Morgan fingerprint density at radius 3 is 3.00 bits per heavy atom. The van der Waals surface area contributed by atoms with Gasteiger partial charge in [-0.05, 0) is 13.5 Å². The van der Waals surface area contributed by atoms with Gasteiger partial charge in [-0.15, -0.1) is 0 Å². The molecule has 0 aromatic rings. The Morgan fingerprint density at radius 2 is 2.54 bits per heavy atom. The van der Waals surface area contributed by atoms with Crippen LogP contribution in [0.3, 0.4) is 0 Å². The average molecular weight is 200 g/mol. The first-order valence-electron chi connectivity index (χ1n) is 3.90. The van der Waals surface area contributed by atoms with Crippen molar-refractivity contribution >= 4 is 17.7 Å². The number of carbonyl (C=O) groups excluding carboxylic acids is 1. The van der Waals surface area contributed by atoms with Crippen LogP contribution >= 0.6 is 11.8 Å². The molecular formula is C9H12O3S. The molecule has 0 aromatic heterocycles. The number of thioether (sulfide) groups is 1. The first-order chi connectivity index (χ1) is 6.09. The SMILES string of the molecule is C=C1OC(COC(=O)C(=C)C)CS1. The molecule has 1 atom stereocenters. The lowest BCUT2D eigenvalue weighted by atomic mass is 10.3. The van der Waals surface area contributed by atoms with E-state index >= 15 is 0 Å². The summed E-state index contributed by atoms with van der Waals surface area (Å²) in [6.45, 7) is 9.02. The van der Waals surface area contributed by atoms with Crippen molar-refractivity contribution in [3.63, 3.8) is 0 Å². The summed E-state index contributed by atoms with van der Waals surface area (Å²) in [6, 6.07) is 0. The standard InChI is InChI=1S/C9H12O3S/c1-6(2)9(10)11-4-8-5-13-7(3)12-8/h8H,1,3-5H2,2H3. The lowest BCUT2D eigenvalue weighted by molar-refractivity contribution is -0.141. The molecule has 13 heavy (non-hydrogen) atoms. The van der Waals surface area contributed by atoms with Crippen LogP contribution in [0.4, 0.5) is 0 Å². The zero-order chi connectivity index (χ0) is 9.84. The lowest BCUT2D eigenvalue weighted by Gasteiger charge is -2.09. The van der Waals surface area contributed by atoms with Gasteiger partial charge in [-0.2, -0.15) is 0 Å². The second kappa shape index (κ2) is 4.37. The number of hydrogen-bond acceptors (Lipinski definition) is 4. The Morgan fingerprint density at radius 1 is 1.85 bits per heavy atom. The van der Waals surface area contributed by atoms with E-state index in [-0.39, 0.29) is 18.7 Å². The number of rotatable bonds is 3. The molecule has 0 N–H and O–H groups in total. The number of ether oxygens (including phenoxy) is 2. The normalized spacial score (nSPS) is 21.0. The molecule has 4 heteroatoms. The first kappa shape index (κ1) is 10.2. The smallest absolute Gasteiger partial charge is 0.333 e. The molecule has 72 valence electrons. The number of esters is 1. The van der Waals surface area contributed by atoms with Gasteiger partial charge in [0.15, 0.2) is 0 Å². The van der Waals surface area contributed by atoms with E-state index < -0.39 is 0 Å². The Balaban J connectivity index is 2.23. The molecule has 1 saturated heterocycles. The largest absolute Gasteiger partial charge is 0.480 e. The van der Waals surface area contributed by atoms with Crippen LogP contribution in [-0.4, -0.2) is 24.4 Å². The molecule has 0 spiro atoms. The van der Waals surface area contributed by atoms with Crippen molar-refractivity contribution in [2.75, 3.05) is 12.4 Å². The summed E-state index contributed by atoms with van der Waals surface area (Å²) in [4.78, 5) is 11.0. The predicted molar refractivity (Wildman–Crippen MR) is 52.2 cm³/mol. The van der Waals surface area contributed by atoms with Gasteiger partial charge in [-0.1, -0.05) is 18.3 Å². The highest BCUT2D eigenvalue weighted by Gasteiger charge is 2.21. The molecular weight excluding hydrogens is 188 g/mol. The van der Waals surface area contributed by atoms with Crippen molar-refractivity contribution in [1.82, 2.24) is 0 Å². The van der Waals surface area contributed by atoms with Gasteiger partial charge in [0.2, 0.25) is 0 Å². The predicted octanol–water partition coefficient (Wildman–Crippen LogP) is 1.71. The van der Waals surface area contributed by atoms with Crippen molar-refractivity contribution < 1.29 is 14.3 Å². The molecule has 1 aliphatic heterocycles. The summed E-state index contributed by atoms with van der Waals surface area (Å²) in [7, 11) is 0. The van der Waals surface area contributed by atoms with Gasteiger partial charge < -0.3 is 9.47 Å². The lowest BCUT2D eigenvalue weighted by Crippen LogP contribution is -2.19. The second-order valence-corrected chi connectivity index (χ2v) is 3.88. The molecule has 1 heterocycles. The topological polar surface area (TPSA) is 35.5 Å². The Kier molecular flexibility index (Phi) is 3.42. The molecule has 0 aliphatic carbocycles. The van der Waals surface area contributed by atoms with Gasteiger partial charge in [0.05, 0.1) is 0 Å². The van der Waals surface area contributed by atoms with Crippen molar-refractivity contribution in [3.8, 4) is 0 Å². The van der Waals surface area contributed by atoms with Crippen LogP contribution in [0.15, 0.2) is 23.8 Å². The minimum Gasteiger partial charge on any atom is -0.480 e. The van der Waals surface area contributed by atoms with Crippen molar-refractivity contribution in [2.24, 2.45) is 0 Å². The summed E-state index contributed by atoms with van der Waals surface area (Å²) in [5, 5.41) is 0.691. The summed E-state index contributed by atoms with van der Waals surface area (Å²) in [5.74, 6) is 0.425. The van der Waals surface area contributed by atoms with Crippen LogP contribution in [0.5, 0.6) is 0 Å². The minimum atomic E-state index is -0.369. The van der Waals surface area contributed by atoms with Gasteiger partial charge in [0.25, 0.3) is 0 Å². The zero-order valence-electron chi connectivity index (χ0n) is 7.54. The Hall–Kier alpha value is -0.900. The molecule has 0 bridgehead atoms. The minimum absolute atomic E-state index is 0.0548. The average Bonchev–Trinajstić information content (AvgIpc) is 2.47. The maximum atomic E-state index is 11.0. The monoisotopic (exact) mass is 200 g/mol. The molecule has 3 nitrogen and oxygen atoms in total. The van der Waals surface area contributed by atoms with E-state index in [0.717, 1.165) is 5.75 Å². The van der Waals surface area contributed by atoms with E-state index in [1.165, 1.54) is 11.8 Å². The fraction of sp³-hybridized carbons (Fsp3) is 0.444. The van der Waals surface area contributed by atoms with Crippen LogP contribution in [0.2, 0.25) is 0 Å². The highest BCUT2D eigenvalue weighted by molar-refractivity contribution is 8.03. The van der Waals surface area contributed by atoms with E-state index in [0.29, 0.717) is 10.7 Å². The first-order valence-corrected chi connectivity index (χ1v) is 4.89. The van der Waals surface area contributed by atoms with Crippen LogP contribution in [-0.2, 0) is 14.3 Å². The maximum Gasteiger partial charge on any atom is 0.333 e. The quantitative estimate of drug-likeness (QED) is 0.513. The van der Waals surface area contributed by atoms with Gasteiger partial charge in [0.1, 0.15) is 17.8 Å². The van der Waals surface area contributed by atoms with Gasteiger partial charge in [-0.25, -0.2) is 4.79 Å². The van der Waals surface area contributed by atoms with Crippen LogP contribution < -0.4 is 0 Å². The van der Waals surface area contributed by atoms with E-state index in [4.69, 9.17) is 9.47 Å². The van der Waals surface area contributed by atoms with Gasteiger partial charge in [-0.3, -0.25) is 0 Å². The van der Waals surface area contributed by atoms with E-state index in [1.54, 1.807) is 6.92 Å². The van der Waals surface area contributed by atoms with Crippen molar-refractivity contribution in [3.05, 3.63) is 23.8 Å². The molecule has 0 saturated carbocycles. The highest BCUT2D eigenvalue weighted by atomic mass is 32.2. The van der Waals surface area contributed by atoms with Crippen LogP contribution in [0.25, 0.3) is 0 Å². The molecule has 0 aromatic carbocycles. The van der Waals surface area contributed by atoms with Crippen molar-refractivity contribution in [2.45, 2.75) is 13.0 Å². The molecule has 0 amide bonds. The highest BCUT2D eigenvalue weighted by Crippen LogP contribution is 2.27. The summed E-state index contributed by atoms with van der Waals surface area (Å²) in [6.07, 6.45) is -0.0548. The van der Waals surface area contributed by atoms with Gasteiger partial charge in [0, 0.05) is 11.3 Å². The van der Waals surface area contributed by atoms with Gasteiger partial charge >= 0.3 is 5.97 Å². The molecule has 1 aliphatic rings. The molecule has 1 rings (SSSR count). The Labute approximate surface area is 81.8 Å². The zero-order valence-corrected chi connectivity index (χ0v) is 8.36. The maximum absolute atomic E-state index is 11.0. The third kappa shape index (κ3) is 3.14. The number of hydrogen-bond donors (Lipinski definition) is 0. The molecule has 1 unspecified atom stereocenters. The van der Waals surface area contributed by atoms with E-state index in [9.17, 15) is 4.79 Å². The summed E-state index contributed by atoms with van der Waals surface area (Å²) in [5.41, 5.74) is 0.407. The molecule has 0 radical (unpaired) electrons. The van der Waals surface area contributed by atoms with Crippen LogP contribution in [0.1, 0.15) is 6.92 Å². The fourth-order valence-electron chi connectivity index (χ4n) is 0.814. The van der Waals surface area contributed by atoms with Crippen molar-refractivity contribution in [1.29, 1.82) is 0 Å². The van der Waals surface area contributed by atoms with E-state index in [1.807, 2.05) is 0 Å².